The van der Waals surface area contributed by atoms with Crippen molar-refractivity contribution in [3.8, 4) is 0 Å². The van der Waals surface area contributed by atoms with Crippen LogP contribution in [0.1, 0.15) is 11.1 Å². The number of imidazole rings is 1. The second kappa shape index (κ2) is 6.45. The molecule has 132 valence electrons. The van der Waals surface area contributed by atoms with Gasteiger partial charge in [0.1, 0.15) is 5.82 Å². The maximum Gasteiger partial charge on any atom is 0.326 e. The van der Waals surface area contributed by atoms with E-state index in [-0.39, 0.29) is 18.0 Å². The molecule has 8 heteroatoms. The largest absolute Gasteiger partial charge is 0.326 e. The molecule has 3 rings (SSSR count). The second-order valence-corrected chi connectivity index (χ2v) is 7.65. The van der Waals surface area contributed by atoms with Crippen LogP contribution in [0, 0.1) is 19.7 Å². The second-order valence-electron chi connectivity index (χ2n) is 5.89. The average Bonchev–Trinajstić information content (AvgIpc) is 2.84. The zero-order valence-corrected chi connectivity index (χ0v) is 14.7. The molecule has 0 atom stereocenters. The lowest BCUT2D eigenvalue weighted by molar-refractivity contribution is 0.572. The fraction of sp³-hybridized carbons (Fsp3) is 0.235. The topological polar surface area (TPSA) is 84.0 Å². The average molecular weight is 363 g/mol. The molecule has 1 heterocycles. The van der Waals surface area contributed by atoms with E-state index in [1.54, 1.807) is 18.2 Å². The number of hydrogen-bond donors (Lipinski definition) is 2. The third-order valence-electron chi connectivity index (χ3n) is 4.15. The van der Waals surface area contributed by atoms with Crippen molar-refractivity contribution in [2.75, 3.05) is 6.54 Å². The Morgan fingerprint density at radius 3 is 2.60 bits per heavy atom. The van der Waals surface area contributed by atoms with E-state index in [1.807, 2.05) is 13.8 Å². The highest BCUT2D eigenvalue weighted by Crippen LogP contribution is 2.15. The van der Waals surface area contributed by atoms with Gasteiger partial charge in [0.2, 0.25) is 10.0 Å². The lowest BCUT2D eigenvalue weighted by atomic mass is 10.1. The zero-order chi connectivity index (χ0) is 18.2. The summed E-state index contributed by atoms with van der Waals surface area (Å²) < 4.78 is 41.8. The van der Waals surface area contributed by atoms with Gasteiger partial charge in [0, 0.05) is 13.1 Å². The number of rotatable bonds is 5. The quantitative estimate of drug-likeness (QED) is 0.728. The maximum atomic E-state index is 13.2. The number of H-pyrrole nitrogens is 1. The van der Waals surface area contributed by atoms with Crippen molar-refractivity contribution in [2.24, 2.45) is 0 Å². The molecule has 2 N–H and O–H groups in total. The van der Waals surface area contributed by atoms with E-state index < -0.39 is 21.5 Å². The van der Waals surface area contributed by atoms with Gasteiger partial charge in [-0.15, -0.1) is 0 Å². The summed E-state index contributed by atoms with van der Waals surface area (Å²) in [5, 5.41) is 0. The highest BCUT2D eigenvalue weighted by molar-refractivity contribution is 7.89. The van der Waals surface area contributed by atoms with Crippen LogP contribution in [-0.4, -0.2) is 24.5 Å². The van der Waals surface area contributed by atoms with Gasteiger partial charge in [-0.3, -0.25) is 4.57 Å². The SMILES string of the molecule is Cc1ccc(S(=O)(=O)NCCn2c(=O)[nH]c3cc(F)ccc32)cc1C. The monoisotopic (exact) mass is 363 g/mol. The number of aryl methyl sites for hydroxylation is 2. The normalized spacial score (nSPS) is 12.0. The number of hydrogen-bond acceptors (Lipinski definition) is 3. The Morgan fingerprint density at radius 1 is 1.12 bits per heavy atom. The first-order valence-corrected chi connectivity index (χ1v) is 9.21. The zero-order valence-electron chi connectivity index (χ0n) is 13.8. The Labute approximate surface area is 144 Å². The van der Waals surface area contributed by atoms with E-state index in [4.69, 9.17) is 0 Å². The lowest BCUT2D eigenvalue weighted by Crippen LogP contribution is -2.30. The number of benzene rings is 2. The van der Waals surface area contributed by atoms with Crippen molar-refractivity contribution in [3.05, 3.63) is 63.8 Å². The van der Waals surface area contributed by atoms with E-state index in [2.05, 4.69) is 9.71 Å². The van der Waals surface area contributed by atoms with Crippen LogP contribution in [0.3, 0.4) is 0 Å². The first kappa shape index (κ1) is 17.4. The van der Waals surface area contributed by atoms with Crippen molar-refractivity contribution in [1.29, 1.82) is 0 Å². The van der Waals surface area contributed by atoms with Crippen molar-refractivity contribution in [2.45, 2.75) is 25.3 Å². The molecule has 0 aliphatic rings. The summed E-state index contributed by atoms with van der Waals surface area (Å²) in [7, 11) is -3.66. The molecule has 0 unspecified atom stereocenters. The molecule has 25 heavy (non-hydrogen) atoms. The van der Waals surface area contributed by atoms with Crippen molar-refractivity contribution in [1.82, 2.24) is 14.3 Å². The summed E-state index contributed by atoms with van der Waals surface area (Å²) in [6.07, 6.45) is 0. The number of sulfonamides is 1. The molecule has 0 spiro atoms. The van der Waals surface area contributed by atoms with Crippen LogP contribution in [0.25, 0.3) is 11.0 Å². The van der Waals surface area contributed by atoms with E-state index in [1.165, 1.54) is 22.8 Å². The maximum absolute atomic E-state index is 13.2. The van der Waals surface area contributed by atoms with Crippen LogP contribution < -0.4 is 10.4 Å². The standard InChI is InChI=1S/C17H18FN3O3S/c1-11-3-5-14(9-12(11)2)25(23,24)19-7-8-21-16-6-4-13(18)10-15(16)20-17(21)22/h3-6,9-10,19H,7-8H2,1-2H3,(H,20,22). The molecule has 1 aromatic heterocycles. The summed E-state index contributed by atoms with van der Waals surface area (Å²) in [5.74, 6) is -0.448. The third-order valence-corrected chi connectivity index (χ3v) is 5.61. The van der Waals surface area contributed by atoms with Gasteiger partial charge in [0.05, 0.1) is 15.9 Å². The molecule has 0 bridgehead atoms. The summed E-state index contributed by atoms with van der Waals surface area (Å²) in [5.41, 5.74) is 2.39. The van der Waals surface area contributed by atoms with Gasteiger partial charge in [0.15, 0.2) is 0 Å². The molecular weight excluding hydrogens is 345 g/mol. The number of nitrogens with zero attached hydrogens (tertiary/aromatic N) is 1. The van der Waals surface area contributed by atoms with Crippen LogP contribution in [-0.2, 0) is 16.6 Å². The number of halogens is 1. The molecule has 3 aromatic rings. The molecule has 0 aliphatic carbocycles. The highest BCUT2D eigenvalue weighted by atomic mass is 32.2. The Kier molecular flexibility index (Phi) is 4.49. The molecule has 0 saturated carbocycles. The predicted octanol–water partition coefficient (Wildman–Crippen LogP) is 2.06. The van der Waals surface area contributed by atoms with Crippen molar-refractivity contribution >= 4 is 21.1 Å². The van der Waals surface area contributed by atoms with Crippen molar-refractivity contribution < 1.29 is 12.8 Å². The first-order chi connectivity index (χ1) is 11.8. The van der Waals surface area contributed by atoms with Gasteiger partial charge in [-0.05, 0) is 55.3 Å². The molecule has 0 aliphatic heterocycles. The van der Waals surface area contributed by atoms with Gasteiger partial charge in [-0.2, -0.15) is 0 Å². The van der Waals surface area contributed by atoms with Gasteiger partial charge in [-0.1, -0.05) is 6.07 Å². The van der Waals surface area contributed by atoms with Gasteiger partial charge >= 0.3 is 5.69 Å². The summed E-state index contributed by atoms with van der Waals surface area (Å²) in [6.45, 7) is 3.93. The smallest absolute Gasteiger partial charge is 0.305 e. The van der Waals surface area contributed by atoms with Gasteiger partial charge < -0.3 is 4.98 Å². The van der Waals surface area contributed by atoms with Crippen LogP contribution in [0.5, 0.6) is 0 Å². The minimum Gasteiger partial charge on any atom is -0.305 e. The van der Waals surface area contributed by atoms with Crippen LogP contribution >= 0.6 is 0 Å². The van der Waals surface area contributed by atoms with E-state index in [0.29, 0.717) is 11.0 Å². The molecule has 6 nitrogen and oxygen atoms in total. The van der Waals surface area contributed by atoms with Gasteiger partial charge in [0.25, 0.3) is 0 Å². The van der Waals surface area contributed by atoms with Crippen LogP contribution in [0.15, 0.2) is 46.1 Å². The molecule has 2 aromatic carbocycles. The minimum absolute atomic E-state index is 0.0412. The molecule has 0 fully saturated rings. The number of fused-ring (bicyclic) bond motifs is 1. The molecule has 0 radical (unpaired) electrons. The van der Waals surface area contributed by atoms with E-state index in [9.17, 15) is 17.6 Å². The van der Waals surface area contributed by atoms with Crippen LogP contribution in [0.4, 0.5) is 4.39 Å². The summed E-state index contributed by atoms with van der Waals surface area (Å²) >= 11 is 0. The summed E-state index contributed by atoms with van der Waals surface area (Å²) in [6, 6.07) is 8.88. The number of aromatic nitrogens is 2. The van der Waals surface area contributed by atoms with Crippen LogP contribution in [0.2, 0.25) is 0 Å². The Morgan fingerprint density at radius 2 is 1.88 bits per heavy atom. The first-order valence-electron chi connectivity index (χ1n) is 7.73. The van der Waals surface area contributed by atoms with E-state index >= 15 is 0 Å². The molecule has 0 amide bonds. The highest BCUT2D eigenvalue weighted by Gasteiger charge is 2.15. The molecular formula is C17H18FN3O3S. The third kappa shape index (κ3) is 3.49. The Balaban J connectivity index is 1.77. The fourth-order valence-corrected chi connectivity index (χ4v) is 3.72. The molecule has 0 saturated heterocycles. The fourth-order valence-electron chi connectivity index (χ4n) is 2.61. The van der Waals surface area contributed by atoms with Gasteiger partial charge in [-0.25, -0.2) is 22.3 Å². The Bertz CT molecular complexity index is 1100. The van der Waals surface area contributed by atoms with Crippen molar-refractivity contribution in [3.63, 3.8) is 0 Å². The predicted molar refractivity (Wildman–Crippen MR) is 93.6 cm³/mol. The minimum atomic E-state index is -3.66. The summed E-state index contributed by atoms with van der Waals surface area (Å²) in [4.78, 5) is 14.7. The number of nitrogens with one attached hydrogen (secondary N) is 2. The van der Waals surface area contributed by atoms with E-state index in [0.717, 1.165) is 11.1 Å². The Hall–Kier alpha value is -2.45. The number of aromatic amines is 1. The lowest BCUT2D eigenvalue weighted by Gasteiger charge is -2.09.